The van der Waals surface area contributed by atoms with Gasteiger partial charge in [0.1, 0.15) is 0 Å². The second kappa shape index (κ2) is 4.18. The van der Waals surface area contributed by atoms with Gasteiger partial charge in [-0.05, 0) is 0 Å². The molecule has 2 aromatic rings. The predicted octanol–water partition coefficient (Wildman–Crippen LogP) is 2.60. The second-order valence-corrected chi connectivity index (χ2v) is 3.31. The summed E-state index contributed by atoms with van der Waals surface area (Å²) in [7, 11) is 0. The molecule has 0 unspecified atom stereocenters. The molecule has 16 heavy (non-hydrogen) atoms. The number of carbonyl (C=O) groups is 1. The zero-order chi connectivity index (χ0) is 11.5. The van der Waals surface area contributed by atoms with Gasteiger partial charge in [-0.15, -0.1) is 0 Å². The lowest BCUT2D eigenvalue weighted by molar-refractivity contribution is 0.0691. The minimum Gasteiger partial charge on any atom is -0.476 e. The van der Waals surface area contributed by atoms with Crippen molar-refractivity contribution < 1.29 is 14.3 Å². The first-order chi connectivity index (χ1) is 7.72. The van der Waals surface area contributed by atoms with Crippen LogP contribution < -0.4 is 0 Å². The molecule has 0 atom stereocenters. The van der Waals surface area contributed by atoms with Crippen LogP contribution in [0.1, 0.15) is 23.3 Å². The molecule has 1 heterocycles. The van der Waals surface area contributed by atoms with E-state index in [1.165, 1.54) is 0 Å². The third-order valence-corrected chi connectivity index (χ3v) is 2.21. The first-order valence-corrected chi connectivity index (χ1v) is 5.00. The Labute approximate surface area is 92.6 Å². The molecule has 0 saturated heterocycles. The average molecular weight is 217 g/mol. The summed E-state index contributed by atoms with van der Waals surface area (Å²) in [5.74, 6) is -0.302. The first kappa shape index (κ1) is 10.4. The van der Waals surface area contributed by atoms with E-state index in [2.05, 4.69) is 4.98 Å². The normalized spacial score (nSPS) is 10.3. The lowest BCUT2D eigenvalue weighted by atomic mass is 10.1. The fourth-order valence-electron chi connectivity index (χ4n) is 1.45. The van der Waals surface area contributed by atoms with Crippen molar-refractivity contribution in [3.8, 4) is 11.3 Å². The van der Waals surface area contributed by atoms with Gasteiger partial charge in [0.25, 0.3) is 0 Å². The van der Waals surface area contributed by atoms with E-state index in [4.69, 9.17) is 9.52 Å². The van der Waals surface area contributed by atoms with Crippen molar-refractivity contribution in [3.05, 3.63) is 41.9 Å². The number of carboxylic acid groups (broad SMARTS) is 1. The maximum Gasteiger partial charge on any atom is 0.358 e. The average Bonchev–Trinajstić information content (AvgIpc) is 2.74. The highest BCUT2D eigenvalue weighted by molar-refractivity contribution is 5.92. The number of aryl methyl sites for hydroxylation is 1. The molecule has 2 rings (SSSR count). The molecule has 0 saturated carbocycles. The molecule has 0 aliphatic heterocycles. The van der Waals surface area contributed by atoms with Crippen molar-refractivity contribution in [2.75, 3.05) is 0 Å². The quantitative estimate of drug-likeness (QED) is 0.858. The molecule has 0 fully saturated rings. The molecule has 1 N–H and O–H groups in total. The third kappa shape index (κ3) is 1.82. The van der Waals surface area contributed by atoms with Crippen LogP contribution in [0.15, 0.2) is 34.7 Å². The topological polar surface area (TPSA) is 63.3 Å². The molecule has 82 valence electrons. The van der Waals surface area contributed by atoms with Gasteiger partial charge in [0, 0.05) is 12.0 Å². The van der Waals surface area contributed by atoms with Gasteiger partial charge >= 0.3 is 5.97 Å². The van der Waals surface area contributed by atoms with Gasteiger partial charge in [0.2, 0.25) is 0 Å². The molecule has 1 aromatic carbocycles. The molecule has 0 radical (unpaired) electrons. The van der Waals surface area contributed by atoms with Crippen molar-refractivity contribution >= 4 is 5.97 Å². The molecule has 4 heteroatoms. The summed E-state index contributed by atoms with van der Waals surface area (Å²) in [5, 5.41) is 9.01. The van der Waals surface area contributed by atoms with Crippen LogP contribution in [-0.4, -0.2) is 16.1 Å². The monoisotopic (exact) mass is 217 g/mol. The van der Waals surface area contributed by atoms with Gasteiger partial charge in [0.05, 0.1) is 0 Å². The van der Waals surface area contributed by atoms with Gasteiger partial charge in [-0.25, -0.2) is 9.78 Å². The molecule has 0 amide bonds. The zero-order valence-corrected chi connectivity index (χ0v) is 8.80. The Bertz CT molecular complexity index is 502. The number of rotatable bonds is 3. The first-order valence-electron chi connectivity index (χ1n) is 5.00. The Hall–Kier alpha value is -2.10. The van der Waals surface area contributed by atoms with E-state index in [0.29, 0.717) is 18.1 Å². The summed E-state index contributed by atoms with van der Waals surface area (Å²) in [4.78, 5) is 14.9. The van der Waals surface area contributed by atoms with Crippen LogP contribution in [0.4, 0.5) is 0 Å². The summed E-state index contributed by atoms with van der Waals surface area (Å²) < 4.78 is 5.42. The maximum atomic E-state index is 11.0. The molecule has 1 aromatic heterocycles. The molecule has 0 aliphatic carbocycles. The van der Waals surface area contributed by atoms with Crippen LogP contribution in [0, 0.1) is 0 Å². The van der Waals surface area contributed by atoms with E-state index in [-0.39, 0.29) is 5.69 Å². The Kier molecular flexibility index (Phi) is 2.72. The van der Waals surface area contributed by atoms with Crippen LogP contribution in [0.2, 0.25) is 0 Å². The predicted molar refractivity (Wildman–Crippen MR) is 58.3 cm³/mol. The minimum atomic E-state index is -1.07. The van der Waals surface area contributed by atoms with Crippen molar-refractivity contribution in [2.45, 2.75) is 13.3 Å². The van der Waals surface area contributed by atoms with Gasteiger partial charge in [-0.3, -0.25) is 0 Å². The minimum absolute atomic E-state index is 0.0250. The van der Waals surface area contributed by atoms with E-state index in [1.807, 2.05) is 25.1 Å². The van der Waals surface area contributed by atoms with Gasteiger partial charge in [-0.1, -0.05) is 37.3 Å². The SMILES string of the molecule is CCc1nc(C(=O)O)c(-c2ccccc2)o1. The Morgan fingerprint density at radius 3 is 2.62 bits per heavy atom. The Balaban J connectivity index is 2.55. The number of oxazole rings is 1. The molecule has 0 spiro atoms. The third-order valence-electron chi connectivity index (χ3n) is 2.21. The molecule has 4 nitrogen and oxygen atoms in total. The van der Waals surface area contributed by atoms with Crippen LogP contribution >= 0.6 is 0 Å². The van der Waals surface area contributed by atoms with E-state index in [1.54, 1.807) is 12.1 Å². The van der Waals surface area contributed by atoms with E-state index in [0.717, 1.165) is 5.56 Å². The largest absolute Gasteiger partial charge is 0.476 e. The van der Waals surface area contributed by atoms with Crippen LogP contribution in [0.25, 0.3) is 11.3 Å². The van der Waals surface area contributed by atoms with E-state index < -0.39 is 5.97 Å². The van der Waals surface area contributed by atoms with Crippen molar-refractivity contribution in [3.63, 3.8) is 0 Å². The highest BCUT2D eigenvalue weighted by atomic mass is 16.4. The number of nitrogens with zero attached hydrogens (tertiary/aromatic N) is 1. The van der Waals surface area contributed by atoms with Crippen molar-refractivity contribution in [1.29, 1.82) is 0 Å². The van der Waals surface area contributed by atoms with Crippen molar-refractivity contribution in [2.24, 2.45) is 0 Å². The molecule has 0 aliphatic rings. The highest BCUT2D eigenvalue weighted by Gasteiger charge is 2.19. The molecular formula is C12H11NO3. The number of hydrogen-bond acceptors (Lipinski definition) is 3. The standard InChI is InChI=1S/C12H11NO3/c1-2-9-13-10(12(14)15)11(16-9)8-6-4-3-5-7-8/h3-7H,2H2,1H3,(H,14,15). The number of carboxylic acids is 1. The summed E-state index contributed by atoms with van der Waals surface area (Å²) in [6.45, 7) is 1.87. The maximum absolute atomic E-state index is 11.0. The van der Waals surface area contributed by atoms with Crippen LogP contribution in [0.5, 0.6) is 0 Å². The summed E-state index contributed by atoms with van der Waals surface area (Å²) in [6, 6.07) is 9.12. The summed E-state index contributed by atoms with van der Waals surface area (Å²) in [5.41, 5.74) is 0.704. The second-order valence-electron chi connectivity index (χ2n) is 3.31. The Morgan fingerprint density at radius 2 is 2.06 bits per heavy atom. The summed E-state index contributed by atoms with van der Waals surface area (Å²) >= 11 is 0. The zero-order valence-electron chi connectivity index (χ0n) is 8.80. The van der Waals surface area contributed by atoms with E-state index in [9.17, 15) is 4.79 Å². The number of benzene rings is 1. The van der Waals surface area contributed by atoms with Crippen molar-refractivity contribution in [1.82, 2.24) is 4.98 Å². The number of hydrogen-bond donors (Lipinski definition) is 1. The molecular weight excluding hydrogens is 206 g/mol. The number of aromatic nitrogens is 1. The van der Waals surface area contributed by atoms with Crippen LogP contribution in [-0.2, 0) is 6.42 Å². The fourth-order valence-corrected chi connectivity index (χ4v) is 1.45. The van der Waals surface area contributed by atoms with E-state index >= 15 is 0 Å². The van der Waals surface area contributed by atoms with Gasteiger partial charge in [0.15, 0.2) is 17.3 Å². The summed E-state index contributed by atoms with van der Waals surface area (Å²) in [6.07, 6.45) is 0.577. The smallest absolute Gasteiger partial charge is 0.358 e. The fraction of sp³-hybridized carbons (Fsp3) is 0.167. The van der Waals surface area contributed by atoms with Gasteiger partial charge in [-0.2, -0.15) is 0 Å². The molecule has 0 bridgehead atoms. The Morgan fingerprint density at radius 1 is 1.38 bits per heavy atom. The van der Waals surface area contributed by atoms with Crippen LogP contribution in [0.3, 0.4) is 0 Å². The lowest BCUT2D eigenvalue weighted by Gasteiger charge is -1.96. The van der Waals surface area contributed by atoms with Gasteiger partial charge < -0.3 is 9.52 Å². The highest BCUT2D eigenvalue weighted by Crippen LogP contribution is 2.24. The lowest BCUT2D eigenvalue weighted by Crippen LogP contribution is -1.99. The number of aromatic carboxylic acids is 1.